The zero-order valence-electron chi connectivity index (χ0n) is 14.1. The average molecular weight is 361 g/mol. The minimum atomic E-state index is -1.70. The van der Waals surface area contributed by atoms with Crippen LogP contribution in [0, 0.1) is 38.2 Å². The number of hydrogen-bond donors (Lipinski definition) is 1. The number of amides is 1. The summed E-state index contributed by atoms with van der Waals surface area (Å²) < 4.78 is 41.6. The van der Waals surface area contributed by atoms with Crippen LogP contribution in [-0.2, 0) is 0 Å². The van der Waals surface area contributed by atoms with Crippen LogP contribution < -0.4 is 5.32 Å². The Morgan fingerprint density at radius 1 is 1.04 bits per heavy atom. The highest BCUT2D eigenvalue weighted by Gasteiger charge is 2.19. The van der Waals surface area contributed by atoms with Gasteiger partial charge in [-0.05, 0) is 32.9 Å². The second-order valence-corrected chi connectivity index (χ2v) is 5.61. The zero-order valence-corrected chi connectivity index (χ0v) is 14.1. The Hall–Kier alpha value is -3.23. The molecule has 0 saturated carbocycles. The van der Waals surface area contributed by atoms with Crippen LogP contribution in [0.3, 0.4) is 0 Å². The summed E-state index contributed by atoms with van der Waals surface area (Å²) in [6.45, 7) is 5.55. The number of rotatable bonds is 3. The third-order valence-corrected chi connectivity index (χ3v) is 3.89. The van der Waals surface area contributed by atoms with Gasteiger partial charge >= 0.3 is 0 Å². The van der Waals surface area contributed by atoms with Gasteiger partial charge < -0.3 is 5.32 Å². The van der Waals surface area contributed by atoms with Crippen LogP contribution in [0.1, 0.15) is 27.6 Å². The molecule has 0 aliphatic heterocycles. The molecule has 0 aliphatic rings. The Balaban J connectivity index is 1.84. The molecule has 2 aromatic heterocycles. The number of carbonyl (C=O) groups is 1. The van der Waals surface area contributed by atoms with E-state index in [0.29, 0.717) is 17.8 Å². The monoisotopic (exact) mass is 361 g/mol. The van der Waals surface area contributed by atoms with Crippen LogP contribution in [-0.4, -0.2) is 25.4 Å². The van der Waals surface area contributed by atoms with Crippen LogP contribution in [0.25, 0.3) is 5.95 Å². The van der Waals surface area contributed by atoms with Crippen molar-refractivity contribution in [1.82, 2.24) is 19.5 Å². The number of nitrogens with zero attached hydrogens (tertiary/aromatic N) is 4. The van der Waals surface area contributed by atoms with Crippen molar-refractivity contribution >= 4 is 11.6 Å². The van der Waals surface area contributed by atoms with E-state index in [-0.39, 0.29) is 5.69 Å². The van der Waals surface area contributed by atoms with E-state index in [1.165, 1.54) is 12.4 Å². The van der Waals surface area contributed by atoms with Gasteiger partial charge in [-0.25, -0.2) is 28.1 Å². The number of benzene rings is 1. The van der Waals surface area contributed by atoms with Crippen LogP contribution in [0.5, 0.6) is 0 Å². The maximum Gasteiger partial charge on any atom is 0.258 e. The lowest BCUT2D eigenvalue weighted by Crippen LogP contribution is -2.16. The van der Waals surface area contributed by atoms with Gasteiger partial charge in [-0.1, -0.05) is 0 Å². The van der Waals surface area contributed by atoms with Crippen molar-refractivity contribution in [2.75, 3.05) is 5.32 Å². The Kier molecular flexibility index (Phi) is 4.45. The lowest BCUT2D eigenvalue weighted by atomic mass is 10.2. The molecule has 3 rings (SSSR count). The van der Waals surface area contributed by atoms with Crippen LogP contribution in [0.15, 0.2) is 24.5 Å². The van der Waals surface area contributed by atoms with Gasteiger partial charge in [-0.3, -0.25) is 9.36 Å². The van der Waals surface area contributed by atoms with E-state index in [2.05, 4.69) is 20.3 Å². The van der Waals surface area contributed by atoms with E-state index < -0.39 is 28.9 Å². The third kappa shape index (κ3) is 3.03. The molecule has 0 saturated heterocycles. The molecular weight excluding hydrogens is 347 g/mol. The molecule has 1 aromatic carbocycles. The molecule has 6 nitrogen and oxygen atoms in total. The van der Waals surface area contributed by atoms with E-state index in [4.69, 9.17) is 0 Å². The largest absolute Gasteiger partial charge is 0.319 e. The molecule has 0 bridgehead atoms. The number of aromatic nitrogens is 4. The third-order valence-electron chi connectivity index (χ3n) is 3.89. The molecule has 3 aromatic rings. The van der Waals surface area contributed by atoms with Crippen molar-refractivity contribution in [3.05, 3.63) is 64.8 Å². The number of halogens is 3. The van der Waals surface area contributed by atoms with Crippen molar-refractivity contribution in [1.29, 1.82) is 0 Å². The summed E-state index contributed by atoms with van der Waals surface area (Å²) in [4.78, 5) is 24.7. The quantitative estimate of drug-likeness (QED) is 0.727. The summed E-state index contributed by atoms with van der Waals surface area (Å²) in [7, 11) is 0. The van der Waals surface area contributed by atoms with Gasteiger partial charge in [0.25, 0.3) is 5.91 Å². The number of aryl methyl sites for hydroxylation is 2. The Bertz CT molecular complexity index is 999. The SMILES string of the molecule is Cc1nc(C)n(-c2ncc(NC(=O)c3ccc(F)c(F)c3F)cn2)c1C. The summed E-state index contributed by atoms with van der Waals surface area (Å²) in [5, 5.41) is 2.34. The van der Waals surface area contributed by atoms with Crippen LogP contribution in [0.4, 0.5) is 18.9 Å². The molecule has 26 heavy (non-hydrogen) atoms. The predicted octanol–water partition coefficient (Wildman–Crippen LogP) is 3.26. The highest BCUT2D eigenvalue weighted by molar-refractivity contribution is 6.04. The summed E-state index contributed by atoms with van der Waals surface area (Å²) in [5.41, 5.74) is 1.28. The van der Waals surface area contributed by atoms with Gasteiger partial charge in [0.05, 0.1) is 29.3 Å². The van der Waals surface area contributed by atoms with E-state index >= 15 is 0 Å². The molecule has 9 heteroatoms. The van der Waals surface area contributed by atoms with Gasteiger partial charge in [0.15, 0.2) is 17.5 Å². The van der Waals surface area contributed by atoms with Crippen molar-refractivity contribution < 1.29 is 18.0 Å². The van der Waals surface area contributed by atoms with Gasteiger partial charge in [-0.2, -0.15) is 0 Å². The fourth-order valence-corrected chi connectivity index (χ4v) is 2.47. The van der Waals surface area contributed by atoms with Crippen molar-refractivity contribution in [2.45, 2.75) is 20.8 Å². The fourth-order valence-electron chi connectivity index (χ4n) is 2.47. The van der Waals surface area contributed by atoms with Crippen molar-refractivity contribution in [3.63, 3.8) is 0 Å². The summed E-state index contributed by atoms with van der Waals surface area (Å²) in [6.07, 6.45) is 2.65. The lowest BCUT2D eigenvalue weighted by molar-refractivity contribution is 0.102. The highest BCUT2D eigenvalue weighted by atomic mass is 19.2. The summed E-state index contributed by atoms with van der Waals surface area (Å²) in [5.74, 6) is -4.50. The highest BCUT2D eigenvalue weighted by Crippen LogP contribution is 2.18. The molecule has 0 unspecified atom stereocenters. The molecule has 1 N–H and O–H groups in total. The number of hydrogen-bond acceptors (Lipinski definition) is 4. The summed E-state index contributed by atoms with van der Waals surface area (Å²) >= 11 is 0. The first kappa shape index (κ1) is 17.6. The molecule has 0 radical (unpaired) electrons. The standard InChI is InChI=1S/C17H14F3N5O/c1-8-9(2)25(10(3)23-8)17-21-6-11(7-22-17)24-16(26)12-4-5-13(18)15(20)14(12)19/h4-7H,1-3H3,(H,24,26). The van der Waals surface area contributed by atoms with Crippen molar-refractivity contribution in [3.8, 4) is 5.95 Å². The average Bonchev–Trinajstić information content (AvgIpc) is 2.86. The Morgan fingerprint density at radius 3 is 2.27 bits per heavy atom. The Labute approximate surface area is 146 Å². The first-order valence-corrected chi connectivity index (χ1v) is 7.59. The van der Waals surface area contributed by atoms with Gasteiger partial charge in [0.1, 0.15) is 5.82 Å². The minimum Gasteiger partial charge on any atom is -0.319 e. The number of nitrogens with one attached hydrogen (secondary N) is 1. The summed E-state index contributed by atoms with van der Waals surface area (Å²) in [6, 6.07) is 1.54. The fraction of sp³-hybridized carbons (Fsp3) is 0.176. The predicted molar refractivity (Wildman–Crippen MR) is 87.6 cm³/mol. The van der Waals surface area contributed by atoms with Crippen LogP contribution >= 0.6 is 0 Å². The van der Waals surface area contributed by atoms with Crippen LogP contribution in [0.2, 0.25) is 0 Å². The number of imidazole rings is 1. The van der Waals surface area contributed by atoms with E-state index in [1.54, 1.807) is 4.57 Å². The molecule has 0 atom stereocenters. The second-order valence-electron chi connectivity index (χ2n) is 5.61. The molecule has 0 aliphatic carbocycles. The van der Waals surface area contributed by atoms with Gasteiger partial charge in [0, 0.05) is 5.69 Å². The topological polar surface area (TPSA) is 72.7 Å². The molecule has 0 fully saturated rings. The van der Waals surface area contributed by atoms with Crippen molar-refractivity contribution in [2.24, 2.45) is 0 Å². The molecule has 0 spiro atoms. The second kappa shape index (κ2) is 6.58. The number of carbonyl (C=O) groups excluding carboxylic acids is 1. The van der Waals surface area contributed by atoms with E-state index in [1.807, 2.05) is 20.8 Å². The maximum absolute atomic E-state index is 13.7. The molecule has 2 heterocycles. The van der Waals surface area contributed by atoms with Gasteiger partial charge in [-0.15, -0.1) is 0 Å². The van der Waals surface area contributed by atoms with E-state index in [9.17, 15) is 18.0 Å². The molecule has 1 amide bonds. The lowest BCUT2D eigenvalue weighted by Gasteiger charge is -2.09. The normalized spacial score (nSPS) is 10.8. The van der Waals surface area contributed by atoms with Gasteiger partial charge in [0.2, 0.25) is 5.95 Å². The number of anilines is 1. The first-order chi connectivity index (χ1) is 12.3. The smallest absolute Gasteiger partial charge is 0.258 e. The van der Waals surface area contributed by atoms with E-state index in [0.717, 1.165) is 17.5 Å². The zero-order chi connectivity index (χ0) is 19.0. The first-order valence-electron chi connectivity index (χ1n) is 7.59. The molecule has 134 valence electrons. The minimum absolute atomic E-state index is 0.176. The maximum atomic E-state index is 13.7. The molecular formula is C17H14F3N5O. The Morgan fingerprint density at radius 2 is 1.69 bits per heavy atom.